The molecule has 5 rings (SSSR count). The number of rotatable bonds is 10. The van der Waals surface area contributed by atoms with E-state index in [1.54, 1.807) is 11.0 Å². The second-order valence-electron chi connectivity index (χ2n) is 11.0. The largest absolute Gasteiger partial charge is 0.445 e. The van der Waals surface area contributed by atoms with E-state index in [0.717, 1.165) is 34.9 Å². The maximum Gasteiger partial charge on any atom is 0.410 e. The quantitative estimate of drug-likeness (QED) is 0.257. The number of amides is 2. The summed E-state index contributed by atoms with van der Waals surface area (Å²) in [4.78, 5) is 27.6. The van der Waals surface area contributed by atoms with Gasteiger partial charge in [-0.25, -0.2) is 17.9 Å². The van der Waals surface area contributed by atoms with E-state index in [2.05, 4.69) is 16.9 Å². The van der Waals surface area contributed by atoms with Gasteiger partial charge in [0.15, 0.2) is 0 Å². The lowest BCUT2D eigenvalue weighted by Gasteiger charge is -2.31. The number of nitrogens with one attached hydrogen (secondary N) is 1. The van der Waals surface area contributed by atoms with Gasteiger partial charge in [-0.2, -0.15) is 0 Å². The van der Waals surface area contributed by atoms with Gasteiger partial charge in [-0.1, -0.05) is 72.8 Å². The number of carbonyl (C=O) groups excluding carboxylic acids is 2. The number of hydrogen-bond donors (Lipinski definition) is 1. The van der Waals surface area contributed by atoms with Crippen LogP contribution in [0.3, 0.4) is 0 Å². The molecular formula is C33H37N3O5S. The van der Waals surface area contributed by atoms with Crippen LogP contribution < -0.4 is 4.72 Å². The molecule has 0 unspecified atom stereocenters. The minimum atomic E-state index is -3.95. The summed E-state index contributed by atoms with van der Waals surface area (Å²) < 4.78 is 36.0. The zero-order valence-electron chi connectivity index (χ0n) is 23.9. The summed E-state index contributed by atoms with van der Waals surface area (Å²) in [5.74, 6) is -1.18. The fourth-order valence-corrected chi connectivity index (χ4v) is 6.97. The SMILES string of the molecule is Cc1ccc2cc(C(=O)NS(=O)(=O)C[C@H]3CCCN(C(=O)OCc4ccccc4)C3)n(CCCc3ccccc3)c2c1. The van der Waals surface area contributed by atoms with Crippen LogP contribution in [-0.2, 0) is 34.3 Å². The highest BCUT2D eigenvalue weighted by Gasteiger charge is 2.30. The van der Waals surface area contributed by atoms with Crippen LogP contribution >= 0.6 is 0 Å². The molecular weight excluding hydrogens is 550 g/mol. The molecule has 0 bridgehead atoms. The smallest absolute Gasteiger partial charge is 0.410 e. The van der Waals surface area contributed by atoms with Crippen molar-refractivity contribution in [3.05, 3.63) is 107 Å². The molecule has 4 aromatic rings. The van der Waals surface area contributed by atoms with E-state index in [9.17, 15) is 18.0 Å². The number of fused-ring (bicyclic) bond motifs is 1. The van der Waals surface area contributed by atoms with E-state index < -0.39 is 22.0 Å². The molecule has 220 valence electrons. The van der Waals surface area contributed by atoms with E-state index in [4.69, 9.17) is 4.74 Å². The molecule has 0 spiro atoms. The zero-order valence-corrected chi connectivity index (χ0v) is 24.7. The third-order valence-electron chi connectivity index (χ3n) is 7.67. The van der Waals surface area contributed by atoms with Crippen molar-refractivity contribution < 1.29 is 22.7 Å². The highest BCUT2D eigenvalue weighted by molar-refractivity contribution is 7.90. The van der Waals surface area contributed by atoms with Crippen molar-refractivity contribution in [1.82, 2.24) is 14.2 Å². The maximum absolute atomic E-state index is 13.4. The number of likely N-dealkylation sites (tertiary alicyclic amines) is 1. The van der Waals surface area contributed by atoms with Crippen molar-refractivity contribution in [1.29, 1.82) is 0 Å². The summed E-state index contributed by atoms with van der Waals surface area (Å²) in [7, 11) is -3.95. The maximum atomic E-state index is 13.4. The van der Waals surface area contributed by atoms with Gasteiger partial charge in [0.05, 0.1) is 5.75 Å². The topological polar surface area (TPSA) is 97.7 Å². The first kappa shape index (κ1) is 29.4. The van der Waals surface area contributed by atoms with E-state index >= 15 is 0 Å². The van der Waals surface area contributed by atoms with Crippen LogP contribution in [0.2, 0.25) is 0 Å². The third kappa shape index (κ3) is 7.59. The monoisotopic (exact) mass is 587 g/mol. The van der Waals surface area contributed by atoms with E-state index in [1.807, 2.05) is 78.2 Å². The van der Waals surface area contributed by atoms with Gasteiger partial charge in [-0.05, 0) is 67.3 Å². The predicted octanol–water partition coefficient (Wildman–Crippen LogP) is 5.69. The van der Waals surface area contributed by atoms with Crippen molar-refractivity contribution >= 4 is 32.9 Å². The Balaban J connectivity index is 1.23. The van der Waals surface area contributed by atoms with Gasteiger partial charge in [0, 0.05) is 30.5 Å². The second kappa shape index (κ2) is 13.2. The fourth-order valence-electron chi connectivity index (χ4n) is 5.60. The van der Waals surface area contributed by atoms with Crippen molar-refractivity contribution in [2.45, 2.75) is 45.8 Å². The molecule has 0 aliphatic carbocycles. The standard InChI is InChI=1S/C33H37N3O5S/c1-25-16-17-29-21-31(36(30(29)20-25)19-9-14-26-10-4-2-5-11-26)32(37)34-42(39,40)24-28-15-8-18-35(22-28)33(38)41-23-27-12-6-3-7-13-27/h2-7,10-13,16-17,20-21,28H,8-9,14-15,18-19,22-24H2,1H3,(H,34,37)/t28-/m0/s1. The summed E-state index contributed by atoms with van der Waals surface area (Å²) in [5.41, 5.74) is 4.39. The molecule has 9 heteroatoms. The molecule has 1 saturated heterocycles. The number of hydrogen-bond acceptors (Lipinski definition) is 5. The first-order valence-corrected chi connectivity index (χ1v) is 16.1. The molecule has 3 aromatic carbocycles. The number of aromatic nitrogens is 1. The summed E-state index contributed by atoms with van der Waals surface area (Å²) in [5, 5.41) is 0.889. The van der Waals surface area contributed by atoms with Gasteiger partial charge < -0.3 is 14.2 Å². The van der Waals surface area contributed by atoms with Crippen molar-refractivity contribution in [2.24, 2.45) is 5.92 Å². The number of carbonyl (C=O) groups is 2. The van der Waals surface area contributed by atoms with Crippen LogP contribution in [0.4, 0.5) is 4.79 Å². The fraction of sp³-hybridized carbons (Fsp3) is 0.333. The molecule has 1 atom stereocenters. The van der Waals surface area contributed by atoms with Gasteiger partial charge in [0.25, 0.3) is 5.91 Å². The second-order valence-corrected chi connectivity index (χ2v) is 12.8. The number of ether oxygens (including phenoxy) is 1. The lowest BCUT2D eigenvalue weighted by molar-refractivity contribution is 0.0811. The van der Waals surface area contributed by atoms with Crippen LogP contribution in [0, 0.1) is 12.8 Å². The molecule has 1 fully saturated rings. The van der Waals surface area contributed by atoms with E-state index in [-0.39, 0.29) is 24.8 Å². The van der Waals surface area contributed by atoms with Crippen LogP contribution in [0.25, 0.3) is 10.9 Å². The van der Waals surface area contributed by atoms with Crippen LogP contribution in [0.15, 0.2) is 84.9 Å². The predicted molar refractivity (Wildman–Crippen MR) is 164 cm³/mol. The van der Waals surface area contributed by atoms with Gasteiger partial charge in [0.2, 0.25) is 10.0 Å². The van der Waals surface area contributed by atoms with Crippen molar-refractivity contribution in [3.63, 3.8) is 0 Å². The van der Waals surface area contributed by atoms with Crippen LogP contribution in [-0.4, -0.2) is 48.7 Å². The summed E-state index contributed by atoms with van der Waals surface area (Å²) in [6.45, 7) is 3.51. The molecule has 1 N–H and O–H groups in total. The number of sulfonamides is 1. The molecule has 0 radical (unpaired) electrons. The van der Waals surface area contributed by atoms with Crippen LogP contribution in [0.1, 0.15) is 46.4 Å². The molecule has 1 aliphatic heterocycles. The highest BCUT2D eigenvalue weighted by Crippen LogP contribution is 2.24. The Bertz CT molecular complexity index is 1630. The van der Waals surface area contributed by atoms with Crippen molar-refractivity contribution in [2.75, 3.05) is 18.8 Å². The number of nitrogens with zero attached hydrogens (tertiary/aromatic N) is 2. The van der Waals surface area contributed by atoms with Gasteiger partial charge in [0.1, 0.15) is 12.3 Å². The zero-order chi connectivity index (χ0) is 29.5. The molecule has 0 saturated carbocycles. The summed E-state index contributed by atoms with van der Waals surface area (Å²) >= 11 is 0. The Morgan fingerprint density at radius 1 is 0.952 bits per heavy atom. The Morgan fingerprint density at radius 3 is 2.40 bits per heavy atom. The molecule has 2 heterocycles. The third-order valence-corrected chi connectivity index (χ3v) is 9.07. The summed E-state index contributed by atoms with van der Waals surface area (Å²) in [6.07, 6.45) is 2.51. The van der Waals surface area contributed by atoms with E-state index in [0.29, 0.717) is 31.6 Å². The van der Waals surface area contributed by atoms with Gasteiger partial charge >= 0.3 is 6.09 Å². The average molecular weight is 588 g/mol. The van der Waals surface area contributed by atoms with E-state index in [1.165, 1.54) is 5.56 Å². The Labute approximate surface area is 247 Å². The number of benzene rings is 3. The molecule has 2 amide bonds. The number of aryl methyl sites for hydroxylation is 3. The van der Waals surface area contributed by atoms with Crippen molar-refractivity contribution in [3.8, 4) is 0 Å². The minimum absolute atomic E-state index is 0.161. The summed E-state index contributed by atoms with van der Waals surface area (Å²) in [6, 6.07) is 27.3. The Hall–Kier alpha value is -4.11. The Kier molecular flexibility index (Phi) is 9.27. The van der Waals surface area contributed by atoms with Gasteiger partial charge in [-0.15, -0.1) is 0 Å². The first-order chi connectivity index (χ1) is 20.3. The molecule has 42 heavy (non-hydrogen) atoms. The lowest BCUT2D eigenvalue weighted by atomic mass is 10.0. The lowest BCUT2D eigenvalue weighted by Crippen LogP contribution is -2.44. The highest BCUT2D eigenvalue weighted by atomic mass is 32.2. The van der Waals surface area contributed by atoms with Crippen LogP contribution in [0.5, 0.6) is 0 Å². The molecule has 1 aliphatic rings. The minimum Gasteiger partial charge on any atom is -0.445 e. The molecule has 8 nitrogen and oxygen atoms in total. The number of piperidine rings is 1. The average Bonchev–Trinajstić information content (AvgIpc) is 3.34. The van der Waals surface area contributed by atoms with Gasteiger partial charge in [-0.3, -0.25) is 4.79 Å². The molecule has 1 aromatic heterocycles. The Morgan fingerprint density at radius 2 is 1.67 bits per heavy atom. The first-order valence-electron chi connectivity index (χ1n) is 14.4. The normalized spacial score (nSPS) is 15.5.